The van der Waals surface area contributed by atoms with Crippen molar-refractivity contribution in [2.45, 2.75) is 39.0 Å². The highest BCUT2D eigenvalue weighted by Gasteiger charge is 2.19. The van der Waals surface area contributed by atoms with Gasteiger partial charge >= 0.3 is 0 Å². The number of nitrogens with one attached hydrogen (secondary N) is 2. The zero-order valence-corrected chi connectivity index (χ0v) is 13.9. The first-order valence-electron chi connectivity index (χ1n) is 8.52. The third-order valence-corrected chi connectivity index (χ3v) is 4.05. The summed E-state index contributed by atoms with van der Waals surface area (Å²) in [5, 5.41) is 6.64. The summed E-state index contributed by atoms with van der Waals surface area (Å²) in [5.41, 5.74) is 2.99. The number of aliphatic imine (C=N–C) groups is 1. The molecule has 0 saturated heterocycles. The maximum absolute atomic E-state index is 5.36. The molecule has 122 valence electrons. The Bertz CT molecular complexity index is 473. The predicted octanol–water partition coefficient (Wildman–Crippen LogP) is 2.70. The van der Waals surface area contributed by atoms with Gasteiger partial charge in [-0.25, -0.2) is 0 Å². The first-order chi connectivity index (χ1) is 10.8. The summed E-state index contributed by atoms with van der Waals surface area (Å²) in [5.74, 6) is 1.44. The maximum Gasteiger partial charge on any atom is 0.191 e. The van der Waals surface area contributed by atoms with E-state index in [1.54, 1.807) is 0 Å². The Balaban J connectivity index is 1.92. The van der Waals surface area contributed by atoms with Gasteiger partial charge in [-0.1, -0.05) is 24.3 Å². The molecule has 1 aliphatic rings. The number of hydrogen-bond acceptors (Lipinski definition) is 2. The van der Waals surface area contributed by atoms with Gasteiger partial charge in [0.25, 0.3) is 0 Å². The minimum atomic E-state index is 0.548. The second kappa shape index (κ2) is 9.46. The normalized spacial score (nSPS) is 17.9. The lowest BCUT2D eigenvalue weighted by molar-refractivity contribution is 0.152. The van der Waals surface area contributed by atoms with Crippen LogP contribution in [0.4, 0.5) is 0 Å². The van der Waals surface area contributed by atoms with Crippen LogP contribution < -0.4 is 10.6 Å². The van der Waals surface area contributed by atoms with Gasteiger partial charge in [-0.3, -0.25) is 4.99 Å². The number of aryl methyl sites for hydroxylation is 1. The van der Waals surface area contributed by atoms with Crippen molar-refractivity contribution in [2.75, 3.05) is 32.8 Å². The molecule has 1 unspecified atom stereocenters. The molecule has 22 heavy (non-hydrogen) atoms. The molecule has 0 fully saturated rings. The quantitative estimate of drug-likeness (QED) is 0.462. The standard InChI is InChI=1S/C18H29N3O/c1-3-19-18(20-12-13-22-4-2)21-14-16-10-7-9-15-8-5-6-11-17(15)16/h5-6,8,11,16H,3-4,7,9-10,12-14H2,1-2H3,(H2,19,20,21). The van der Waals surface area contributed by atoms with E-state index in [1.807, 2.05) is 6.92 Å². The molecule has 0 aliphatic heterocycles. The topological polar surface area (TPSA) is 45.7 Å². The summed E-state index contributed by atoms with van der Waals surface area (Å²) in [6, 6.07) is 8.82. The summed E-state index contributed by atoms with van der Waals surface area (Å²) in [7, 11) is 0. The Labute approximate surface area is 134 Å². The molecule has 0 radical (unpaired) electrons. The summed E-state index contributed by atoms with van der Waals surface area (Å²) < 4.78 is 5.36. The number of benzene rings is 1. The molecular formula is C18H29N3O. The average Bonchev–Trinajstić information content (AvgIpc) is 2.56. The number of hydrogen-bond donors (Lipinski definition) is 2. The lowest BCUT2D eigenvalue weighted by atomic mass is 9.83. The van der Waals surface area contributed by atoms with E-state index in [0.717, 1.165) is 32.2 Å². The van der Waals surface area contributed by atoms with Crippen LogP contribution in [0.25, 0.3) is 0 Å². The Hall–Kier alpha value is -1.55. The van der Waals surface area contributed by atoms with Crippen molar-refractivity contribution < 1.29 is 4.74 Å². The minimum Gasteiger partial charge on any atom is -0.380 e. The Morgan fingerprint density at radius 3 is 2.95 bits per heavy atom. The van der Waals surface area contributed by atoms with Crippen LogP contribution in [-0.4, -0.2) is 38.8 Å². The molecule has 1 atom stereocenters. The highest BCUT2D eigenvalue weighted by atomic mass is 16.5. The largest absolute Gasteiger partial charge is 0.380 e. The van der Waals surface area contributed by atoms with E-state index in [0.29, 0.717) is 12.5 Å². The SMILES string of the molecule is CCNC(=NCC1CCCc2ccccc21)NCCOCC. The van der Waals surface area contributed by atoms with Crippen LogP contribution in [0.1, 0.15) is 43.7 Å². The molecule has 0 heterocycles. The molecule has 1 aliphatic carbocycles. The molecule has 0 bridgehead atoms. The van der Waals surface area contributed by atoms with Crippen molar-refractivity contribution in [3.05, 3.63) is 35.4 Å². The fourth-order valence-electron chi connectivity index (χ4n) is 2.97. The predicted molar refractivity (Wildman–Crippen MR) is 92.6 cm³/mol. The van der Waals surface area contributed by atoms with Crippen molar-refractivity contribution in [3.63, 3.8) is 0 Å². The van der Waals surface area contributed by atoms with Gasteiger partial charge in [0.1, 0.15) is 0 Å². The Kier molecular flexibility index (Phi) is 7.23. The third-order valence-electron chi connectivity index (χ3n) is 4.05. The van der Waals surface area contributed by atoms with Gasteiger partial charge in [0, 0.05) is 32.2 Å². The van der Waals surface area contributed by atoms with Crippen LogP contribution in [0.5, 0.6) is 0 Å². The van der Waals surface area contributed by atoms with Gasteiger partial charge in [0.05, 0.1) is 6.61 Å². The van der Waals surface area contributed by atoms with E-state index in [4.69, 9.17) is 9.73 Å². The average molecular weight is 303 g/mol. The molecule has 0 aromatic heterocycles. The first-order valence-corrected chi connectivity index (χ1v) is 8.52. The van der Waals surface area contributed by atoms with Crippen LogP contribution >= 0.6 is 0 Å². The number of nitrogens with zero attached hydrogens (tertiary/aromatic N) is 1. The van der Waals surface area contributed by atoms with Gasteiger partial charge in [0.15, 0.2) is 5.96 Å². The van der Waals surface area contributed by atoms with Gasteiger partial charge in [-0.05, 0) is 44.2 Å². The van der Waals surface area contributed by atoms with Gasteiger partial charge in [-0.2, -0.15) is 0 Å². The van der Waals surface area contributed by atoms with E-state index >= 15 is 0 Å². The summed E-state index contributed by atoms with van der Waals surface area (Å²) in [6.45, 7) is 8.10. The van der Waals surface area contributed by atoms with Crippen molar-refractivity contribution in [2.24, 2.45) is 4.99 Å². The van der Waals surface area contributed by atoms with E-state index in [-0.39, 0.29) is 0 Å². The second-order valence-electron chi connectivity index (χ2n) is 5.63. The lowest BCUT2D eigenvalue weighted by Gasteiger charge is -2.24. The van der Waals surface area contributed by atoms with Gasteiger partial charge in [0.2, 0.25) is 0 Å². The first kappa shape index (κ1) is 16.8. The summed E-state index contributed by atoms with van der Waals surface area (Å²) in [6.07, 6.45) is 3.72. The smallest absolute Gasteiger partial charge is 0.191 e. The number of ether oxygens (including phenoxy) is 1. The van der Waals surface area contributed by atoms with Crippen molar-refractivity contribution in [1.29, 1.82) is 0 Å². The third kappa shape index (κ3) is 5.02. The number of fused-ring (bicyclic) bond motifs is 1. The lowest BCUT2D eigenvalue weighted by Crippen LogP contribution is -2.39. The van der Waals surface area contributed by atoms with Crippen LogP contribution in [0.2, 0.25) is 0 Å². The van der Waals surface area contributed by atoms with Crippen molar-refractivity contribution in [1.82, 2.24) is 10.6 Å². The van der Waals surface area contributed by atoms with Crippen molar-refractivity contribution >= 4 is 5.96 Å². The molecule has 0 amide bonds. The summed E-state index contributed by atoms with van der Waals surface area (Å²) in [4.78, 5) is 4.77. The van der Waals surface area contributed by atoms with E-state index in [2.05, 4.69) is 41.8 Å². The summed E-state index contributed by atoms with van der Waals surface area (Å²) >= 11 is 0. The molecule has 1 aromatic rings. The molecular weight excluding hydrogens is 274 g/mol. The molecule has 2 rings (SSSR count). The Morgan fingerprint density at radius 2 is 2.14 bits per heavy atom. The molecule has 2 N–H and O–H groups in total. The molecule has 0 spiro atoms. The van der Waals surface area contributed by atoms with Crippen LogP contribution in [-0.2, 0) is 11.2 Å². The van der Waals surface area contributed by atoms with E-state index < -0.39 is 0 Å². The molecule has 4 nitrogen and oxygen atoms in total. The number of rotatable bonds is 7. The Morgan fingerprint density at radius 1 is 1.27 bits per heavy atom. The fourth-order valence-corrected chi connectivity index (χ4v) is 2.97. The van der Waals surface area contributed by atoms with Crippen LogP contribution in [0.3, 0.4) is 0 Å². The molecule has 4 heteroatoms. The van der Waals surface area contributed by atoms with Gasteiger partial charge in [-0.15, -0.1) is 0 Å². The molecule has 0 saturated carbocycles. The van der Waals surface area contributed by atoms with Crippen molar-refractivity contribution in [3.8, 4) is 0 Å². The van der Waals surface area contributed by atoms with Crippen LogP contribution in [0, 0.1) is 0 Å². The van der Waals surface area contributed by atoms with E-state index in [1.165, 1.54) is 30.4 Å². The van der Waals surface area contributed by atoms with E-state index in [9.17, 15) is 0 Å². The highest BCUT2D eigenvalue weighted by molar-refractivity contribution is 5.79. The van der Waals surface area contributed by atoms with Crippen LogP contribution in [0.15, 0.2) is 29.3 Å². The number of guanidine groups is 1. The zero-order chi connectivity index (χ0) is 15.6. The highest BCUT2D eigenvalue weighted by Crippen LogP contribution is 2.31. The zero-order valence-electron chi connectivity index (χ0n) is 13.9. The minimum absolute atomic E-state index is 0.548. The maximum atomic E-state index is 5.36. The monoisotopic (exact) mass is 303 g/mol. The van der Waals surface area contributed by atoms with Gasteiger partial charge < -0.3 is 15.4 Å². The second-order valence-corrected chi connectivity index (χ2v) is 5.63. The fraction of sp³-hybridized carbons (Fsp3) is 0.611. The molecule has 1 aromatic carbocycles.